The Morgan fingerprint density at radius 3 is 2.18 bits per heavy atom. The highest BCUT2D eigenvalue weighted by Crippen LogP contribution is 2.34. The number of ether oxygens (including phenoxy) is 1. The Bertz CT molecular complexity index is 1280. The van der Waals surface area contributed by atoms with Gasteiger partial charge in [0.1, 0.15) is 12.3 Å². The molecule has 3 aromatic carbocycles. The van der Waals surface area contributed by atoms with Gasteiger partial charge in [0.2, 0.25) is 5.91 Å². The zero-order valence-electron chi connectivity index (χ0n) is 17.4. The second kappa shape index (κ2) is 10.1. The fourth-order valence-electron chi connectivity index (χ4n) is 2.91. The first-order valence-corrected chi connectivity index (χ1v) is 11.7. The Kier molecular flexibility index (Phi) is 7.64. The van der Waals surface area contributed by atoms with Crippen LogP contribution in [0.25, 0.3) is 0 Å². The number of methoxy groups -OCH3 is 1. The number of rotatable bonds is 7. The van der Waals surface area contributed by atoms with E-state index in [0.29, 0.717) is 16.8 Å². The van der Waals surface area contributed by atoms with Crippen LogP contribution in [0.4, 0.5) is 24.5 Å². The molecule has 0 fully saturated rings. The van der Waals surface area contributed by atoms with Gasteiger partial charge in [0.05, 0.1) is 34.0 Å². The maximum absolute atomic E-state index is 13.4. The van der Waals surface area contributed by atoms with Crippen molar-refractivity contribution in [2.45, 2.75) is 11.1 Å². The Hall–Kier alpha value is -2.95. The Morgan fingerprint density at radius 1 is 1.00 bits per heavy atom. The molecular weight excluding hydrogens is 516 g/mol. The van der Waals surface area contributed by atoms with Crippen LogP contribution in [0.3, 0.4) is 0 Å². The molecule has 0 aliphatic rings. The number of anilines is 2. The van der Waals surface area contributed by atoms with Crippen LogP contribution < -0.4 is 14.4 Å². The van der Waals surface area contributed by atoms with E-state index >= 15 is 0 Å². The van der Waals surface area contributed by atoms with Gasteiger partial charge in [-0.05, 0) is 66.7 Å². The van der Waals surface area contributed by atoms with E-state index in [-0.39, 0.29) is 21.3 Å². The molecule has 0 saturated heterocycles. The van der Waals surface area contributed by atoms with Crippen molar-refractivity contribution in [3.63, 3.8) is 0 Å². The number of carbonyl (C=O) groups excluding carboxylic acids is 1. The summed E-state index contributed by atoms with van der Waals surface area (Å²) in [7, 11) is -2.84. The van der Waals surface area contributed by atoms with Crippen LogP contribution in [0.1, 0.15) is 5.56 Å². The van der Waals surface area contributed by atoms with Gasteiger partial charge in [0.15, 0.2) is 0 Å². The smallest absolute Gasteiger partial charge is 0.416 e. The average Bonchev–Trinajstić information content (AvgIpc) is 2.79. The summed E-state index contributed by atoms with van der Waals surface area (Å²) in [5.74, 6) is -0.484. The van der Waals surface area contributed by atoms with Crippen LogP contribution in [-0.4, -0.2) is 28.0 Å². The molecule has 0 heterocycles. The van der Waals surface area contributed by atoms with Crippen molar-refractivity contribution in [2.75, 3.05) is 23.3 Å². The van der Waals surface area contributed by atoms with Gasteiger partial charge in [-0.3, -0.25) is 9.10 Å². The first-order chi connectivity index (χ1) is 15.9. The summed E-state index contributed by atoms with van der Waals surface area (Å²) in [5.41, 5.74) is -1.21. The molecule has 1 amide bonds. The minimum absolute atomic E-state index is 0.116. The zero-order chi connectivity index (χ0) is 25.1. The quantitative estimate of drug-likeness (QED) is 0.413. The standard InChI is InChI=1S/C22H17Cl2F3N2O4S/c1-33-17-7-9-18(10-8-17)34(31,32)29(16-5-3-15(23)4-6-16)13-21(30)28-20-12-14(22(25,26)27)2-11-19(20)24/h2-12H,13H2,1H3,(H,28,30). The molecule has 3 aromatic rings. The minimum atomic E-state index is -4.66. The van der Waals surface area contributed by atoms with Gasteiger partial charge < -0.3 is 10.1 Å². The Morgan fingerprint density at radius 2 is 1.62 bits per heavy atom. The van der Waals surface area contributed by atoms with Crippen molar-refractivity contribution in [2.24, 2.45) is 0 Å². The number of hydrogen-bond donors (Lipinski definition) is 1. The highest BCUT2D eigenvalue weighted by Gasteiger charge is 2.32. The predicted molar refractivity (Wildman–Crippen MR) is 124 cm³/mol. The summed E-state index contributed by atoms with van der Waals surface area (Å²) >= 11 is 11.8. The topological polar surface area (TPSA) is 75.7 Å². The molecule has 0 radical (unpaired) electrons. The fraction of sp³-hybridized carbons (Fsp3) is 0.136. The number of nitrogens with zero attached hydrogens (tertiary/aromatic N) is 1. The third-order valence-corrected chi connectivity index (χ3v) is 6.99. The van der Waals surface area contributed by atoms with Crippen molar-refractivity contribution in [3.05, 3.63) is 82.3 Å². The Labute approximate surface area is 203 Å². The van der Waals surface area contributed by atoms with Gasteiger partial charge in [-0.1, -0.05) is 23.2 Å². The fourth-order valence-corrected chi connectivity index (χ4v) is 4.63. The number of carbonyl (C=O) groups is 1. The molecule has 1 N–H and O–H groups in total. The first kappa shape index (κ1) is 25.7. The van der Waals surface area contributed by atoms with Gasteiger partial charge in [0.25, 0.3) is 10.0 Å². The molecule has 0 aliphatic heterocycles. The van der Waals surface area contributed by atoms with Crippen LogP contribution in [0.5, 0.6) is 5.75 Å². The van der Waals surface area contributed by atoms with E-state index in [2.05, 4.69) is 5.32 Å². The molecule has 12 heteroatoms. The highest BCUT2D eigenvalue weighted by molar-refractivity contribution is 7.92. The number of nitrogens with one attached hydrogen (secondary N) is 1. The van der Waals surface area contributed by atoms with E-state index in [4.69, 9.17) is 27.9 Å². The molecule has 0 aliphatic carbocycles. The van der Waals surface area contributed by atoms with Crippen LogP contribution in [0, 0.1) is 0 Å². The second-order valence-corrected chi connectivity index (χ2v) is 9.61. The summed E-state index contributed by atoms with van der Waals surface area (Å²) in [4.78, 5) is 12.6. The molecule has 0 atom stereocenters. The lowest BCUT2D eigenvalue weighted by Gasteiger charge is -2.24. The minimum Gasteiger partial charge on any atom is -0.497 e. The summed E-state index contributed by atoms with van der Waals surface area (Å²) in [6.45, 7) is -0.747. The second-order valence-electron chi connectivity index (χ2n) is 6.90. The third-order valence-electron chi connectivity index (χ3n) is 4.62. The van der Waals surface area contributed by atoms with E-state index in [1.165, 1.54) is 55.6 Å². The lowest BCUT2D eigenvalue weighted by Crippen LogP contribution is -2.38. The van der Waals surface area contributed by atoms with E-state index < -0.39 is 34.2 Å². The van der Waals surface area contributed by atoms with Gasteiger partial charge in [-0.25, -0.2) is 8.42 Å². The van der Waals surface area contributed by atoms with Crippen molar-refractivity contribution < 1.29 is 31.1 Å². The van der Waals surface area contributed by atoms with E-state index in [0.717, 1.165) is 16.4 Å². The number of hydrogen-bond acceptors (Lipinski definition) is 4. The van der Waals surface area contributed by atoms with Crippen LogP contribution in [0.2, 0.25) is 10.0 Å². The number of sulfonamides is 1. The van der Waals surface area contributed by atoms with Gasteiger partial charge in [-0.2, -0.15) is 13.2 Å². The van der Waals surface area contributed by atoms with Crippen molar-refractivity contribution >= 4 is 50.5 Å². The van der Waals surface area contributed by atoms with E-state index in [1.807, 2.05) is 0 Å². The van der Waals surface area contributed by atoms with Gasteiger partial charge >= 0.3 is 6.18 Å². The van der Waals surface area contributed by atoms with Crippen LogP contribution in [0.15, 0.2) is 71.6 Å². The SMILES string of the molecule is COc1ccc(S(=O)(=O)N(CC(=O)Nc2cc(C(F)(F)F)ccc2Cl)c2ccc(Cl)cc2)cc1. The maximum Gasteiger partial charge on any atom is 0.416 e. The maximum atomic E-state index is 13.4. The number of benzene rings is 3. The molecule has 0 spiro atoms. The molecular formula is C22H17Cl2F3N2O4S. The summed E-state index contributed by atoms with van der Waals surface area (Å²) in [5, 5.41) is 2.45. The van der Waals surface area contributed by atoms with E-state index in [1.54, 1.807) is 0 Å². The van der Waals surface area contributed by atoms with Gasteiger partial charge in [0, 0.05) is 5.02 Å². The van der Waals surface area contributed by atoms with Crippen LogP contribution >= 0.6 is 23.2 Å². The first-order valence-electron chi connectivity index (χ1n) is 9.51. The molecule has 0 bridgehead atoms. The van der Waals surface area contributed by atoms with Gasteiger partial charge in [-0.15, -0.1) is 0 Å². The molecule has 0 saturated carbocycles. The molecule has 0 unspecified atom stereocenters. The Balaban J connectivity index is 1.95. The number of amides is 1. The number of alkyl halides is 3. The molecule has 180 valence electrons. The van der Waals surface area contributed by atoms with Crippen molar-refractivity contribution in [1.29, 1.82) is 0 Å². The normalized spacial score (nSPS) is 11.7. The van der Waals surface area contributed by atoms with Crippen molar-refractivity contribution in [1.82, 2.24) is 0 Å². The lowest BCUT2D eigenvalue weighted by atomic mass is 10.2. The van der Waals surface area contributed by atoms with Crippen molar-refractivity contribution in [3.8, 4) is 5.75 Å². The largest absolute Gasteiger partial charge is 0.497 e. The van der Waals surface area contributed by atoms with E-state index in [9.17, 15) is 26.4 Å². The zero-order valence-corrected chi connectivity index (χ0v) is 19.8. The average molecular weight is 533 g/mol. The molecule has 34 heavy (non-hydrogen) atoms. The molecule has 0 aromatic heterocycles. The predicted octanol–water partition coefficient (Wildman–Crippen LogP) is 5.85. The summed E-state index contributed by atoms with van der Waals surface area (Å²) in [6, 6.07) is 13.6. The van der Waals surface area contributed by atoms with Crippen LogP contribution in [-0.2, 0) is 21.0 Å². The molecule has 6 nitrogen and oxygen atoms in total. The summed E-state index contributed by atoms with van der Waals surface area (Å²) < 4.78 is 71.7. The summed E-state index contributed by atoms with van der Waals surface area (Å²) in [6.07, 6.45) is -4.66. The molecule has 3 rings (SSSR count). The third kappa shape index (κ3) is 5.94. The highest BCUT2D eigenvalue weighted by atomic mass is 35.5. The monoisotopic (exact) mass is 532 g/mol. The lowest BCUT2D eigenvalue weighted by molar-refractivity contribution is -0.137. The number of halogens is 5.